The SMILES string of the molecule is CC(C)(C)c1ccc(Cn2cnc3c2CN(C(=O)C2CCCC2)C(C(=O)NC2CCC(N)CC2)C3)cc1. The van der Waals surface area contributed by atoms with Crippen LogP contribution >= 0.6 is 0 Å². The number of nitrogens with one attached hydrogen (secondary N) is 1. The third-order valence-corrected chi connectivity index (χ3v) is 8.70. The lowest BCUT2D eigenvalue weighted by Crippen LogP contribution is -2.56. The van der Waals surface area contributed by atoms with Crippen molar-refractivity contribution in [2.24, 2.45) is 11.7 Å². The summed E-state index contributed by atoms with van der Waals surface area (Å²) in [5, 5.41) is 3.26. The minimum Gasteiger partial charge on any atom is -0.352 e. The molecule has 5 rings (SSSR count). The third-order valence-electron chi connectivity index (χ3n) is 8.70. The first-order valence-corrected chi connectivity index (χ1v) is 14.2. The molecule has 2 saturated carbocycles. The summed E-state index contributed by atoms with van der Waals surface area (Å²) < 4.78 is 2.16. The van der Waals surface area contributed by atoms with Crippen LogP contribution in [-0.2, 0) is 34.5 Å². The molecular formula is C30H43N5O2. The van der Waals surface area contributed by atoms with E-state index in [9.17, 15) is 9.59 Å². The number of nitrogens with zero attached hydrogens (tertiary/aromatic N) is 3. The molecule has 1 aromatic carbocycles. The first-order valence-electron chi connectivity index (χ1n) is 14.2. The van der Waals surface area contributed by atoms with E-state index in [4.69, 9.17) is 10.7 Å². The zero-order valence-electron chi connectivity index (χ0n) is 22.7. The fraction of sp³-hybridized carbons (Fsp3) is 0.633. The molecule has 37 heavy (non-hydrogen) atoms. The Labute approximate surface area is 221 Å². The Balaban J connectivity index is 1.35. The molecule has 0 saturated heterocycles. The Hall–Kier alpha value is -2.67. The second kappa shape index (κ2) is 10.6. The van der Waals surface area contributed by atoms with Crippen molar-refractivity contribution in [1.82, 2.24) is 19.8 Å². The summed E-state index contributed by atoms with van der Waals surface area (Å²) in [4.78, 5) is 33.8. The summed E-state index contributed by atoms with van der Waals surface area (Å²) in [7, 11) is 0. The number of imidazole rings is 1. The van der Waals surface area contributed by atoms with Crippen LogP contribution in [0.5, 0.6) is 0 Å². The largest absolute Gasteiger partial charge is 0.352 e. The van der Waals surface area contributed by atoms with E-state index in [0.717, 1.165) is 62.8 Å². The average Bonchev–Trinajstić information content (AvgIpc) is 3.55. The van der Waals surface area contributed by atoms with Crippen molar-refractivity contribution in [3.63, 3.8) is 0 Å². The van der Waals surface area contributed by atoms with Crippen LogP contribution in [0, 0.1) is 5.92 Å². The van der Waals surface area contributed by atoms with Gasteiger partial charge in [0.25, 0.3) is 0 Å². The number of carbonyl (C=O) groups excluding carboxylic acids is 2. The third kappa shape index (κ3) is 5.77. The van der Waals surface area contributed by atoms with Gasteiger partial charge in [-0.2, -0.15) is 0 Å². The number of hydrogen-bond acceptors (Lipinski definition) is 4. The van der Waals surface area contributed by atoms with Crippen LogP contribution in [0.3, 0.4) is 0 Å². The van der Waals surface area contributed by atoms with Crippen LogP contribution in [-0.4, -0.2) is 44.4 Å². The molecule has 7 nitrogen and oxygen atoms in total. The van der Waals surface area contributed by atoms with Crippen LogP contribution < -0.4 is 11.1 Å². The lowest BCUT2D eigenvalue weighted by Gasteiger charge is -2.37. The Kier molecular flexibility index (Phi) is 7.44. The van der Waals surface area contributed by atoms with Crippen LogP contribution in [0.1, 0.15) is 94.7 Å². The number of rotatable bonds is 5. The van der Waals surface area contributed by atoms with Gasteiger partial charge in [0.15, 0.2) is 0 Å². The molecule has 0 radical (unpaired) electrons. The van der Waals surface area contributed by atoms with Crippen molar-refractivity contribution in [3.8, 4) is 0 Å². The smallest absolute Gasteiger partial charge is 0.243 e. The number of nitrogens with two attached hydrogens (primary N) is 1. The maximum Gasteiger partial charge on any atom is 0.243 e. The summed E-state index contributed by atoms with van der Waals surface area (Å²) in [6.45, 7) is 7.82. The van der Waals surface area contributed by atoms with Crippen molar-refractivity contribution in [1.29, 1.82) is 0 Å². The Morgan fingerprint density at radius 1 is 1.03 bits per heavy atom. The predicted molar refractivity (Wildman–Crippen MR) is 145 cm³/mol. The van der Waals surface area contributed by atoms with Gasteiger partial charge in [0.05, 0.1) is 24.3 Å². The van der Waals surface area contributed by atoms with Gasteiger partial charge >= 0.3 is 0 Å². The van der Waals surface area contributed by atoms with Gasteiger partial charge in [-0.05, 0) is 55.1 Å². The number of benzene rings is 1. The van der Waals surface area contributed by atoms with Crippen LogP contribution in [0.4, 0.5) is 0 Å². The topological polar surface area (TPSA) is 93.2 Å². The first-order chi connectivity index (χ1) is 17.7. The predicted octanol–water partition coefficient (Wildman–Crippen LogP) is 4.06. The highest BCUT2D eigenvalue weighted by molar-refractivity contribution is 5.89. The number of amides is 2. The van der Waals surface area contributed by atoms with E-state index in [2.05, 4.69) is 54.9 Å². The molecule has 3 N–H and O–H groups in total. The monoisotopic (exact) mass is 505 g/mol. The maximum absolute atomic E-state index is 13.7. The van der Waals surface area contributed by atoms with Gasteiger partial charge in [-0.3, -0.25) is 9.59 Å². The molecule has 1 aromatic heterocycles. The van der Waals surface area contributed by atoms with E-state index in [1.807, 2.05) is 11.2 Å². The number of aromatic nitrogens is 2. The minimum absolute atomic E-state index is 0.0332. The molecule has 200 valence electrons. The Bertz CT molecular complexity index is 1100. The molecule has 3 aliphatic rings. The first kappa shape index (κ1) is 26.0. The standard InChI is InChI=1S/C30H43N5O2/c1-30(2,3)22-10-8-20(9-11-22)17-34-19-32-25-16-26(28(36)33-24-14-12-23(31)13-15-24)35(18-27(25)34)29(37)21-6-4-5-7-21/h8-11,19,21,23-24,26H,4-7,12-18,31H2,1-3H3,(H,33,36). The highest BCUT2D eigenvalue weighted by atomic mass is 16.2. The molecule has 1 aliphatic heterocycles. The number of hydrogen-bond donors (Lipinski definition) is 2. The quantitative estimate of drug-likeness (QED) is 0.641. The maximum atomic E-state index is 13.7. The number of fused-ring (bicyclic) bond motifs is 1. The van der Waals surface area contributed by atoms with Crippen LogP contribution in [0.25, 0.3) is 0 Å². The molecule has 7 heteroatoms. The Morgan fingerprint density at radius 2 is 1.70 bits per heavy atom. The molecule has 1 unspecified atom stereocenters. The molecule has 2 heterocycles. The number of carbonyl (C=O) groups is 2. The summed E-state index contributed by atoms with van der Waals surface area (Å²) in [5.41, 5.74) is 10.7. The van der Waals surface area contributed by atoms with E-state index in [1.54, 1.807) is 0 Å². The highest BCUT2D eigenvalue weighted by Gasteiger charge is 2.40. The zero-order valence-corrected chi connectivity index (χ0v) is 22.7. The lowest BCUT2D eigenvalue weighted by molar-refractivity contribution is -0.145. The lowest BCUT2D eigenvalue weighted by atomic mass is 9.87. The molecule has 2 fully saturated rings. The van der Waals surface area contributed by atoms with E-state index in [0.29, 0.717) is 19.5 Å². The van der Waals surface area contributed by atoms with Crippen molar-refractivity contribution in [2.75, 3.05) is 0 Å². The van der Waals surface area contributed by atoms with Gasteiger partial charge in [-0.25, -0.2) is 4.98 Å². The minimum atomic E-state index is -0.495. The summed E-state index contributed by atoms with van der Waals surface area (Å²) in [6, 6.07) is 8.66. The summed E-state index contributed by atoms with van der Waals surface area (Å²) in [5.74, 6) is 0.131. The molecule has 2 aromatic rings. The zero-order chi connectivity index (χ0) is 26.2. The van der Waals surface area contributed by atoms with Gasteiger partial charge in [-0.15, -0.1) is 0 Å². The Morgan fingerprint density at radius 3 is 2.35 bits per heavy atom. The van der Waals surface area contributed by atoms with Gasteiger partial charge in [0.2, 0.25) is 11.8 Å². The average molecular weight is 506 g/mol. The van der Waals surface area contributed by atoms with Crippen molar-refractivity contribution in [2.45, 2.75) is 115 Å². The molecular weight excluding hydrogens is 462 g/mol. The second-order valence-electron chi connectivity index (χ2n) is 12.5. The molecule has 2 aliphatic carbocycles. The summed E-state index contributed by atoms with van der Waals surface area (Å²) in [6.07, 6.45) is 10.1. The van der Waals surface area contributed by atoms with E-state index in [1.165, 1.54) is 11.1 Å². The van der Waals surface area contributed by atoms with Gasteiger partial charge < -0.3 is 20.5 Å². The van der Waals surface area contributed by atoms with Crippen molar-refractivity contribution >= 4 is 11.8 Å². The van der Waals surface area contributed by atoms with Crippen LogP contribution in [0.15, 0.2) is 30.6 Å². The highest BCUT2D eigenvalue weighted by Crippen LogP contribution is 2.32. The molecule has 2 amide bonds. The second-order valence-corrected chi connectivity index (χ2v) is 12.5. The fourth-order valence-electron chi connectivity index (χ4n) is 6.24. The van der Waals surface area contributed by atoms with Crippen molar-refractivity contribution in [3.05, 3.63) is 53.1 Å². The summed E-state index contributed by atoms with van der Waals surface area (Å²) >= 11 is 0. The van der Waals surface area contributed by atoms with E-state index < -0.39 is 6.04 Å². The molecule has 0 spiro atoms. The van der Waals surface area contributed by atoms with Gasteiger partial charge in [0, 0.05) is 31.0 Å². The van der Waals surface area contributed by atoms with Gasteiger partial charge in [-0.1, -0.05) is 57.9 Å². The molecule has 0 bridgehead atoms. The van der Waals surface area contributed by atoms with E-state index in [-0.39, 0.29) is 35.2 Å². The molecule has 1 atom stereocenters. The normalized spacial score (nSPS) is 24.6. The van der Waals surface area contributed by atoms with E-state index >= 15 is 0 Å². The van der Waals surface area contributed by atoms with Crippen LogP contribution in [0.2, 0.25) is 0 Å². The fourth-order valence-corrected chi connectivity index (χ4v) is 6.24. The van der Waals surface area contributed by atoms with Gasteiger partial charge in [0.1, 0.15) is 6.04 Å². The van der Waals surface area contributed by atoms with Crippen molar-refractivity contribution < 1.29 is 9.59 Å².